The zero-order valence-corrected chi connectivity index (χ0v) is 10.0. The molecule has 1 heterocycles. The smallest absolute Gasteiger partial charge is 0.0938 e. The third-order valence-corrected chi connectivity index (χ3v) is 2.54. The Kier molecular flexibility index (Phi) is 3.46. The summed E-state index contributed by atoms with van der Waals surface area (Å²) in [7, 11) is 0. The summed E-state index contributed by atoms with van der Waals surface area (Å²) < 4.78 is 0. The molecule has 4 heteroatoms. The van der Waals surface area contributed by atoms with Crippen LogP contribution in [0.15, 0.2) is 42.2 Å². The Morgan fingerprint density at radius 3 is 2.76 bits per heavy atom. The lowest BCUT2D eigenvalue weighted by atomic mass is 10.0. The van der Waals surface area contributed by atoms with Crippen molar-refractivity contribution in [2.24, 2.45) is 5.84 Å². The average Bonchev–Trinajstić information content (AvgIpc) is 2.35. The fourth-order valence-corrected chi connectivity index (χ4v) is 1.83. The maximum atomic E-state index is 5.60. The van der Waals surface area contributed by atoms with Crippen molar-refractivity contribution >= 4 is 11.0 Å². The normalized spacial score (nSPS) is 12.4. The molecule has 0 radical (unpaired) electrons. The first kappa shape index (κ1) is 11.7. The van der Waals surface area contributed by atoms with E-state index in [-0.39, 0.29) is 6.04 Å². The molecule has 2 rings (SSSR count). The summed E-state index contributed by atoms with van der Waals surface area (Å²) in [4.78, 5) is 8.66. The molecule has 0 aliphatic heterocycles. The van der Waals surface area contributed by atoms with Crippen molar-refractivity contribution in [3.05, 3.63) is 47.8 Å². The summed E-state index contributed by atoms with van der Waals surface area (Å²) in [6.07, 6.45) is 5.46. The molecule has 2 aromatic rings. The lowest BCUT2D eigenvalue weighted by Gasteiger charge is -2.14. The maximum Gasteiger partial charge on any atom is 0.0938 e. The van der Waals surface area contributed by atoms with Crippen molar-refractivity contribution in [2.75, 3.05) is 0 Å². The monoisotopic (exact) mass is 228 g/mol. The van der Waals surface area contributed by atoms with E-state index in [1.54, 1.807) is 12.4 Å². The number of para-hydroxylation sites is 1. The van der Waals surface area contributed by atoms with Crippen LogP contribution in [0.4, 0.5) is 0 Å². The van der Waals surface area contributed by atoms with Gasteiger partial charge in [-0.2, -0.15) is 0 Å². The third-order valence-electron chi connectivity index (χ3n) is 2.54. The Hall–Kier alpha value is -1.78. The first-order valence-corrected chi connectivity index (χ1v) is 5.53. The van der Waals surface area contributed by atoms with E-state index in [9.17, 15) is 0 Å². The van der Waals surface area contributed by atoms with Gasteiger partial charge in [0, 0.05) is 18.0 Å². The number of rotatable bonds is 3. The maximum absolute atomic E-state index is 5.60. The Labute approximate surface area is 101 Å². The van der Waals surface area contributed by atoms with Gasteiger partial charge in [0.05, 0.1) is 17.1 Å². The molecule has 88 valence electrons. The summed E-state index contributed by atoms with van der Waals surface area (Å²) in [5.74, 6) is 5.60. The van der Waals surface area contributed by atoms with Crippen molar-refractivity contribution in [3.63, 3.8) is 0 Å². The van der Waals surface area contributed by atoms with Crippen LogP contribution in [0.3, 0.4) is 0 Å². The number of hydrogen-bond acceptors (Lipinski definition) is 4. The van der Waals surface area contributed by atoms with Crippen molar-refractivity contribution in [1.29, 1.82) is 0 Å². The van der Waals surface area contributed by atoms with Crippen LogP contribution in [0, 0.1) is 0 Å². The van der Waals surface area contributed by atoms with Gasteiger partial charge in [0.15, 0.2) is 0 Å². The van der Waals surface area contributed by atoms with Gasteiger partial charge in [0.25, 0.3) is 0 Å². The van der Waals surface area contributed by atoms with Crippen LogP contribution in [0.5, 0.6) is 0 Å². The van der Waals surface area contributed by atoms with E-state index in [2.05, 4.69) is 21.5 Å². The zero-order valence-electron chi connectivity index (χ0n) is 10.0. The molecule has 4 nitrogen and oxygen atoms in total. The fraction of sp³-hybridized carbons (Fsp3) is 0.231. The minimum absolute atomic E-state index is 0.0413. The molecule has 1 unspecified atom stereocenters. The van der Waals surface area contributed by atoms with Crippen LogP contribution in [-0.2, 0) is 0 Å². The standard InChI is InChI=1S/C13H16N4/c1-9(2)8-12(17-14)10-4-3-5-11-13(10)16-7-6-15-11/h3-8,12,17H,14H2,1-2H3. The number of allylic oxidation sites excluding steroid dienone is 1. The number of benzene rings is 1. The number of hydrogen-bond donors (Lipinski definition) is 2. The van der Waals surface area contributed by atoms with E-state index in [1.165, 1.54) is 5.57 Å². The number of aromatic nitrogens is 2. The lowest BCUT2D eigenvalue weighted by Crippen LogP contribution is -2.27. The predicted molar refractivity (Wildman–Crippen MR) is 69.0 cm³/mol. The van der Waals surface area contributed by atoms with E-state index < -0.39 is 0 Å². The summed E-state index contributed by atoms with van der Waals surface area (Å²) in [5, 5.41) is 0. The van der Waals surface area contributed by atoms with Crippen LogP contribution < -0.4 is 11.3 Å². The van der Waals surface area contributed by atoms with Gasteiger partial charge in [-0.05, 0) is 19.9 Å². The highest BCUT2D eigenvalue weighted by molar-refractivity contribution is 5.78. The first-order valence-electron chi connectivity index (χ1n) is 5.53. The molecule has 17 heavy (non-hydrogen) atoms. The van der Waals surface area contributed by atoms with Crippen LogP contribution in [0.1, 0.15) is 25.5 Å². The van der Waals surface area contributed by atoms with E-state index in [4.69, 9.17) is 5.84 Å². The molecule has 0 amide bonds. The van der Waals surface area contributed by atoms with Crippen LogP contribution in [-0.4, -0.2) is 9.97 Å². The molecule has 0 fully saturated rings. The number of nitrogens with zero attached hydrogens (tertiary/aromatic N) is 2. The van der Waals surface area contributed by atoms with Gasteiger partial charge in [-0.1, -0.05) is 23.8 Å². The molecular weight excluding hydrogens is 212 g/mol. The average molecular weight is 228 g/mol. The molecule has 0 saturated carbocycles. The second-order valence-electron chi connectivity index (χ2n) is 4.16. The number of nitrogens with two attached hydrogens (primary N) is 1. The lowest BCUT2D eigenvalue weighted by molar-refractivity contribution is 0.655. The van der Waals surface area contributed by atoms with Gasteiger partial charge in [-0.25, -0.2) is 5.43 Å². The minimum Gasteiger partial charge on any atom is -0.271 e. The van der Waals surface area contributed by atoms with E-state index in [0.717, 1.165) is 16.6 Å². The first-order chi connectivity index (χ1) is 8.22. The minimum atomic E-state index is -0.0413. The topological polar surface area (TPSA) is 63.8 Å². The zero-order chi connectivity index (χ0) is 12.3. The van der Waals surface area contributed by atoms with Crippen LogP contribution in [0.2, 0.25) is 0 Å². The predicted octanol–water partition coefficient (Wildman–Crippen LogP) is 2.10. The van der Waals surface area contributed by atoms with E-state index in [1.807, 2.05) is 32.0 Å². The summed E-state index contributed by atoms with van der Waals surface area (Å²) in [5.41, 5.74) is 6.81. The Balaban J connectivity index is 2.57. The SMILES string of the molecule is CC(C)=CC(NN)c1cccc2nccnc12. The molecule has 0 aliphatic carbocycles. The molecule has 0 bridgehead atoms. The van der Waals surface area contributed by atoms with Gasteiger partial charge in [0.1, 0.15) is 0 Å². The molecule has 1 aromatic heterocycles. The van der Waals surface area contributed by atoms with Gasteiger partial charge in [0.2, 0.25) is 0 Å². The van der Waals surface area contributed by atoms with Crippen molar-refractivity contribution in [2.45, 2.75) is 19.9 Å². The number of fused-ring (bicyclic) bond motifs is 1. The molecule has 3 N–H and O–H groups in total. The van der Waals surface area contributed by atoms with E-state index in [0.29, 0.717) is 0 Å². The van der Waals surface area contributed by atoms with Crippen LogP contribution >= 0.6 is 0 Å². The highest BCUT2D eigenvalue weighted by Crippen LogP contribution is 2.22. The Morgan fingerprint density at radius 2 is 2.06 bits per heavy atom. The quantitative estimate of drug-likeness (QED) is 0.479. The molecule has 1 atom stereocenters. The summed E-state index contributed by atoms with van der Waals surface area (Å²) >= 11 is 0. The second kappa shape index (κ2) is 5.03. The Bertz CT molecular complexity index is 539. The van der Waals surface area contributed by atoms with Gasteiger partial charge in [-0.15, -0.1) is 0 Å². The van der Waals surface area contributed by atoms with Gasteiger partial charge < -0.3 is 0 Å². The second-order valence-corrected chi connectivity index (χ2v) is 4.16. The summed E-state index contributed by atoms with van der Waals surface area (Å²) in [6.45, 7) is 4.09. The van der Waals surface area contributed by atoms with Crippen molar-refractivity contribution in [3.8, 4) is 0 Å². The van der Waals surface area contributed by atoms with Gasteiger partial charge >= 0.3 is 0 Å². The number of hydrazine groups is 1. The summed E-state index contributed by atoms with van der Waals surface area (Å²) in [6, 6.07) is 5.89. The van der Waals surface area contributed by atoms with Gasteiger partial charge in [-0.3, -0.25) is 15.8 Å². The number of nitrogens with one attached hydrogen (secondary N) is 1. The molecule has 1 aromatic carbocycles. The highest BCUT2D eigenvalue weighted by atomic mass is 15.2. The van der Waals surface area contributed by atoms with Crippen molar-refractivity contribution < 1.29 is 0 Å². The van der Waals surface area contributed by atoms with E-state index >= 15 is 0 Å². The molecule has 0 saturated heterocycles. The fourth-order valence-electron chi connectivity index (χ4n) is 1.83. The largest absolute Gasteiger partial charge is 0.271 e. The molecule has 0 spiro atoms. The molecular formula is C13H16N4. The van der Waals surface area contributed by atoms with Crippen LogP contribution in [0.25, 0.3) is 11.0 Å². The molecule has 0 aliphatic rings. The third kappa shape index (κ3) is 2.49. The Morgan fingerprint density at radius 1 is 1.29 bits per heavy atom. The van der Waals surface area contributed by atoms with Crippen molar-refractivity contribution in [1.82, 2.24) is 15.4 Å². The highest BCUT2D eigenvalue weighted by Gasteiger charge is 2.11.